The van der Waals surface area contributed by atoms with E-state index in [0.717, 1.165) is 17.1 Å². The molecule has 0 bridgehead atoms. The van der Waals surface area contributed by atoms with E-state index in [1.165, 1.54) is 84.5 Å². The van der Waals surface area contributed by atoms with Crippen molar-refractivity contribution in [2.75, 3.05) is 4.90 Å². The average molecular weight is 736 g/mol. The maximum atomic E-state index is 2.44. The lowest BCUT2D eigenvalue weighted by atomic mass is 9.95. The summed E-state index contributed by atoms with van der Waals surface area (Å²) in [5.74, 6) is 0. The lowest BCUT2D eigenvalue weighted by molar-refractivity contribution is 1.28. The minimum atomic E-state index is 1.11. The normalized spacial score (nSPS) is 11.6. The Balaban J connectivity index is 1.08. The van der Waals surface area contributed by atoms with Crippen molar-refractivity contribution in [1.29, 1.82) is 0 Å². The summed E-state index contributed by atoms with van der Waals surface area (Å²) in [4.78, 5) is 2.44. The summed E-state index contributed by atoms with van der Waals surface area (Å²) in [6.07, 6.45) is 0. The third kappa shape index (κ3) is 5.43. The smallest absolute Gasteiger partial charge is 0.0540 e. The van der Waals surface area contributed by atoms with E-state index in [1.807, 2.05) is 22.7 Å². The summed E-state index contributed by atoms with van der Waals surface area (Å²) in [5, 5.41) is 7.77. The van der Waals surface area contributed by atoms with Crippen LogP contribution in [0, 0.1) is 0 Å². The summed E-state index contributed by atoms with van der Waals surface area (Å²) in [6, 6.07) is 73.5. The summed E-state index contributed by atoms with van der Waals surface area (Å²) < 4.78 is 5.28. The molecule has 0 unspecified atom stereocenters. The lowest BCUT2D eigenvalue weighted by Gasteiger charge is -2.29. The maximum absolute atomic E-state index is 2.44. The van der Waals surface area contributed by atoms with Crippen molar-refractivity contribution in [1.82, 2.24) is 0 Å². The Morgan fingerprint density at radius 1 is 0.309 bits per heavy atom. The second-order valence-corrected chi connectivity index (χ2v) is 16.2. The molecule has 0 radical (unpaired) electrons. The number of hydrogen-bond acceptors (Lipinski definition) is 3. The van der Waals surface area contributed by atoms with Crippen LogP contribution in [0.5, 0.6) is 0 Å². The predicted molar refractivity (Wildman–Crippen MR) is 241 cm³/mol. The third-order valence-corrected chi connectivity index (χ3v) is 13.1. The van der Waals surface area contributed by atoms with Gasteiger partial charge in [-0.15, -0.1) is 22.7 Å². The quantitative estimate of drug-likeness (QED) is 0.164. The Kier molecular flexibility index (Phi) is 7.61. The standard InChI is InChI=1S/C52H33NS2/c1-2-16-40-35(12-1)13-10-21-42(40)43-17-3-6-22-47(43)53(38-29-26-34(27-30-38)36-28-31-45-44-18-4-7-23-48(44)55-51(45)33-36)39-15-9-14-37(32-39)41-20-11-25-50-52(41)46-19-5-8-24-49(46)54-50/h1-33H. The molecule has 0 atom stereocenters. The van der Waals surface area contributed by atoms with Gasteiger partial charge in [-0.25, -0.2) is 0 Å². The van der Waals surface area contributed by atoms with Crippen LogP contribution in [0.25, 0.3) is 84.5 Å². The molecule has 11 rings (SSSR count). The molecule has 0 aliphatic heterocycles. The molecule has 3 heteroatoms. The Labute approximate surface area is 327 Å². The van der Waals surface area contributed by atoms with Crippen molar-refractivity contribution < 1.29 is 0 Å². The molecule has 0 saturated heterocycles. The molecule has 55 heavy (non-hydrogen) atoms. The second-order valence-electron chi connectivity index (χ2n) is 14.1. The summed E-state index contributed by atoms with van der Waals surface area (Å²) in [6.45, 7) is 0. The van der Waals surface area contributed by atoms with Gasteiger partial charge in [-0.3, -0.25) is 0 Å². The van der Waals surface area contributed by atoms with E-state index in [2.05, 4.69) is 205 Å². The number of rotatable bonds is 6. The highest BCUT2D eigenvalue weighted by atomic mass is 32.1. The van der Waals surface area contributed by atoms with Crippen molar-refractivity contribution in [3.63, 3.8) is 0 Å². The fraction of sp³-hybridized carbons (Fsp3) is 0. The van der Waals surface area contributed by atoms with Crippen LogP contribution in [-0.2, 0) is 0 Å². The van der Waals surface area contributed by atoms with E-state index in [0.29, 0.717) is 0 Å². The Morgan fingerprint density at radius 3 is 1.80 bits per heavy atom. The SMILES string of the molecule is c1cc(-c2cccc3sc4ccccc4c23)cc(N(c2ccc(-c3ccc4c(c3)sc3ccccc34)cc2)c2ccccc2-c2cccc3ccccc23)c1. The average Bonchev–Trinajstić information content (AvgIpc) is 3.82. The van der Waals surface area contributed by atoms with Crippen LogP contribution in [0.2, 0.25) is 0 Å². The number of fused-ring (bicyclic) bond motifs is 7. The van der Waals surface area contributed by atoms with Crippen LogP contribution in [0.1, 0.15) is 0 Å². The number of para-hydroxylation sites is 1. The van der Waals surface area contributed by atoms with E-state index < -0.39 is 0 Å². The Bertz CT molecular complexity index is 3220. The topological polar surface area (TPSA) is 3.24 Å². The third-order valence-electron chi connectivity index (χ3n) is 10.9. The molecule has 0 aliphatic rings. The molecule has 0 N–H and O–H groups in total. The first-order chi connectivity index (χ1) is 27.3. The van der Waals surface area contributed by atoms with Gasteiger partial charge in [0, 0.05) is 57.3 Å². The highest BCUT2D eigenvalue weighted by Gasteiger charge is 2.20. The largest absolute Gasteiger partial charge is 0.310 e. The number of benzene rings is 9. The molecule has 258 valence electrons. The zero-order valence-corrected chi connectivity index (χ0v) is 31.4. The molecule has 0 saturated carbocycles. The van der Waals surface area contributed by atoms with Crippen molar-refractivity contribution >= 4 is 90.9 Å². The van der Waals surface area contributed by atoms with Gasteiger partial charge < -0.3 is 4.90 Å². The van der Waals surface area contributed by atoms with E-state index in [9.17, 15) is 0 Å². The molecular formula is C52H33NS2. The number of thiophene rings is 2. The summed E-state index contributed by atoms with van der Waals surface area (Å²) >= 11 is 3.73. The fourth-order valence-electron chi connectivity index (χ4n) is 8.32. The predicted octanol–water partition coefficient (Wildman–Crippen LogP) is 16.0. The van der Waals surface area contributed by atoms with Crippen LogP contribution < -0.4 is 4.90 Å². The molecule has 9 aromatic carbocycles. The molecule has 1 nitrogen and oxygen atoms in total. The van der Waals surface area contributed by atoms with Gasteiger partial charge in [0.15, 0.2) is 0 Å². The second kappa shape index (κ2) is 13.1. The maximum Gasteiger partial charge on any atom is 0.0540 e. The van der Waals surface area contributed by atoms with E-state index in [-0.39, 0.29) is 0 Å². The number of nitrogens with zero attached hydrogens (tertiary/aromatic N) is 1. The molecular weight excluding hydrogens is 703 g/mol. The van der Waals surface area contributed by atoms with Crippen molar-refractivity contribution in [3.8, 4) is 33.4 Å². The molecule has 2 aromatic heterocycles. The minimum Gasteiger partial charge on any atom is -0.310 e. The van der Waals surface area contributed by atoms with Crippen LogP contribution in [0.15, 0.2) is 200 Å². The first-order valence-electron chi connectivity index (χ1n) is 18.7. The van der Waals surface area contributed by atoms with E-state index in [1.54, 1.807) is 0 Å². The van der Waals surface area contributed by atoms with E-state index in [4.69, 9.17) is 0 Å². The monoisotopic (exact) mass is 735 g/mol. The number of hydrogen-bond donors (Lipinski definition) is 0. The summed E-state index contributed by atoms with van der Waals surface area (Å²) in [5.41, 5.74) is 10.7. The van der Waals surface area contributed by atoms with Crippen LogP contribution in [0.3, 0.4) is 0 Å². The Hall–Kier alpha value is -6.52. The Morgan fingerprint density at radius 2 is 0.909 bits per heavy atom. The van der Waals surface area contributed by atoms with Gasteiger partial charge in [0.25, 0.3) is 0 Å². The van der Waals surface area contributed by atoms with Gasteiger partial charge in [-0.1, -0.05) is 146 Å². The van der Waals surface area contributed by atoms with Gasteiger partial charge in [-0.2, -0.15) is 0 Å². The minimum absolute atomic E-state index is 1.11. The van der Waals surface area contributed by atoms with Gasteiger partial charge in [0.1, 0.15) is 0 Å². The first-order valence-corrected chi connectivity index (χ1v) is 20.3. The molecule has 0 aliphatic carbocycles. The van der Waals surface area contributed by atoms with Crippen molar-refractivity contribution in [3.05, 3.63) is 200 Å². The zero-order chi connectivity index (χ0) is 36.3. The molecule has 0 spiro atoms. The van der Waals surface area contributed by atoms with Crippen LogP contribution >= 0.6 is 22.7 Å². The van der Waals surface area contributed by atoms with Crippen molar-refractivity contribution in [2.24, 2.45) is 0 Å². The number of anilines is 3. The van der Waals surface area contributed by atoms with Gasteiger partial charge in [0.05, 0.1) is 5.69 Å². The van der Waals surface area contributed by atoms with Crippen LogP contribution in [0.4, 0.5) is 17.1 Å². The van der Waals surface area contributed by atoms with Gasteiger partial charge >= 0.3 is 0 Å². The molecule has 11 aromatic rings. The molecule has 0 amide bonds. The fourth-order valence-corrected chi connectivity index (χ4v) is 10.6. The molecule has 0 fully saturated rings. The van der Waals surface area contributed by atoms with Crippen LogP contribution in [-0.4, -0.2) is 0 Å². The zero-order valence-electron chi connectivity index (χ0n) is 29.8. The highest BCUT2D eigenvalue weighted by Crippen LogP contribution is 2.46. The van der Waals surface area contributed by atoms with Crippen molar-refractivity contribution in [2.45, 2.75) is 0 Å². The van der Waals surface area contributed by atoms with E-state index >= 15 is 0 Å². The first kappa shape index (κ1) is 32.0. The highest BCUT2D eigenvalue weighted by molar-refractivity contribution is 7.26. The molecule has 2 heterocycles. The lowest BCUT2D eigenvalue weighted by Crippen LogP contribution is -2.11. The van der Waals surface area contributed by atoms with Gasteiger partial charge in [0.2, 0.25) is 0 Å². The van der Waals surface area contributed by atoms with Gasteiger partial charge in [-0.05, 0) is 93.2 Å². The summed E-state index contributed by atoms with van der Waals surface area (Å²) in [7, 11) is 0.